The van der Waals surface area contributed by atoms with Crippen molar-refractivity contribution in [3.8, 4) is 0 Å². The Balaban J connectivity index is 2.20. The van der Waals surface area contributed by atoms with Crippen LogP contribution in [0, 0.1) is 0 Å². The molecule has 0 saturated heterocycles. The molecule has 1 amide bonds. The molecule has 2 aromatic rings. The molecular formula is C16H16BrNO. The van der Waals surface area contributed by atoms with E-state index in [2.05, 4.69) is 41.2 Å². The van der Waals surface area contributed by atoms with Crippen LogP contribution in [0.2, 0.25) is 0 Å². The highest BCUT2D eigenvalue weighted by atomic mass is 79.9. The number of hydrogen-bond donors (Lipinski definition) is 1. The Bertz CT molecular complexity index is 593. The van der Waals surface area contributed by atoms with Crippen LogP contribution in [-0.2, 0) is 0 Å². The van der Waals surface area contributed by atoms with E-state index >= 15 is 0 Å². The SMILES string of the molecule is CC(C)c1cccc(NC(=O)c2ccccc2Br)c1. The highest BCUT2D eigenvalue weighted by Crippen LogP contribution is 2.21. The third-order valence-corrected chi connectivity index (χ3v) is 3.62. The lowest BCUT2D eigenvalue weighted by atomic mass is 10.0. The molecule has 0 aliphatic carbocycles. The Hall–Kier alpha value is -1.61. The van der Waals surface area contributed by atoms with Crippen LogP contribution in [0.1, 0.15) is 35.7 Å². The first-order valence-corrected chi connectivity index (χ1v) is 7.03. The van der Waals surface area contributed by atoms with E-state index in [4.69, 9.17) is 0 Å². The van der Waals surface area contributed by atoms with Crippen molar-refractivity contribution in [2.45, 2.75) is 19.8 Å². The molecule has 19 heavy (non-hydrogen) atoms. The van der Waals surface area contributed by atoms with Gasteiger partial charge in [-0.2, -0.15) is 0 Å². The zero-order valence-corrected chi connectivity index (χ0v) is 12.6. The number of nitrogens with one attached hydrogen (secondary N) is 1. The van der Waals surface area contributed by atoms with Gasteiger partial charge in [-0.1, -0.05) is 38.1 Å². The van der Waals surface area contributed by atoms with Crippen molar-refractivity contribution >= 4 is 27.5 Å². The fraction of sp³-hybridized carbons (Fsp3) is 0.188. The summed E-state index contributed by atoms with van der Waals surface area (Å²) in [5, 5.41) is 2.93. The molecule has 0 unspecified atom stereocenters. The lowest BCUT2D eigenvalue weighted by Crippen LogP contribution is -2.12. The number of rotatable bonds is 3. The van der Waals surface area contributed by atoms with Crippen molar-refractivity contribution in [2.24, 2.45) is 0 Å². The highest BCUT2D eigenvalue weighted by Gasteiger charge is 2.09. The van der Waals surface area contributed by atoms with Gasteiger partial charge in [-0.3, -0.25) is 4.79 Å². The van der Waals surface area contributed by atoms with Crippen molar-refractivity contribution in [1.29, 1.82) is 0 Å². The summed E-state index contributed by atoms with van der Waals surface area (Å²) in [4.78, 5) is 12.2. The van der Waals surface area contributed by atoms with Crippen LogP contribution >= 0.6 is 15.9 Å². The molecule has 0 heterocycles. The van der Waals surface area contributed by atoms with Gasteiger partial charge in [0.2, 0.25) is 0 Å². The molecule has 0 spiro atoms. The Kier molecular flexibility index (Phi) is 4.38. The number of amides is 1. The Morgan fingerprint density at radius 1 is 1.11 bits per heavy atom. The van der Waals surface area contributed by atoms with E-state index in [1.165, 1.54) is 5.56 Å². The van der Waals surface area contributed by atoms with Crippen molar-refractivity contribution in [3.05, 3.63) is 64.1 Å². The van der Waals surface area contributed by atoms with Gasteiger partial charge in [0.15, 0.2) is 0 Å². The summed E-state index contributed by atoms with van der Waals surface area (Å²) in [6.07, 6.45) is 0. The lowest BCUT2D eigenvalue weighted by Gasteiger charge is -2.10. The summed E-state index contributed by atoms with van der Waals surface area (Å²) in [6.45, 7) is 4.27. The van der Waals surface area contributed by atoms with Crippen LogP contribution in [0.3, 0.4) is 0 Å². The summed E-state index contributed by atoms with van der Waals surface area (Å²) in [5.74, 6) is 0.341. The molecule has 0 aromatic heterocycles. The number of carbonyl (C=O) groups excluding carboxylic acids is 1. The first-order valence-electron chi connectivity index (χ1n) is 6.24. The van der Waals surface area contributed by atoms with E-state index in [0.717, 1.165) is 10.2 Å². The van der Waals surface area contributed by atoms with Gasteiger partial charge in [-0.05, 0) is 51.7 Å². The maximum absolute atomic E-state index is 12.2. The first-order chi connectivity index (χ1) is 9.08. The second-order valence-electron chi connectivity index (χ2n) is 4.71. The molecule has 0 aliphatic heterocycles. The molecule has 0 radical (unpaired) electrons. The largest absolute Gasteiger partial charge is 0.322 e. The van der Waals surface area contributed by atoms with Crippen LogP contribution in [0.15, 0.2) is 53.0 Å². The number of carbonyl (C=O) groups is 1. The molecule has 0 bridgehead atoms. The van der Waals surface area contributed by atoms with Crippen molar-refractivity contribution in [3.63, 3.8) is 0 Å². The first kappa shape index (κ1) is 13.8. The van der Waals surface area contributed by atoms with Crippen molar-refractivity contribution in [1.82, 2.24) is 0 Å². The maximum atomic E-state index is 12.2. The zero-order valence-electron chi connectivity index (χ0n) is 11.0. The zero-order chi connectivity index (χ0) is 13.8. The van der Waals surface area contributed by atoms with Crippen molar-refractivity contribution < 1.29 is 4.79 Å². The third-order valence-electron chi connectivity index (χ3n) is 2.93. The van der Waals surface area contributed by atoms with Gasteiger partial charge in [0.25, 0.3) is 5.91 Å². The summed E-state index contributed by atoms with van der Waals surface area (Å²) in [5.41, 5.74) is 2.68. The molecule has 0 saturated carbocycles. The molecule has 1 N–H and O–H groups in total. The molecule has 2 rings (SSSR count). The predicted molar refractivity (Wildman–Crippen MR) is 82.6 cm³/mol. The number of anilines is 1. The van der Waals surface area contributed by atoms with E-state index in [1.807, 2.05) is 36.4 Å². The quantitative estimate of drug-likeness (QED) is 0.863. The minimum absolute atomic E-state index is 0.103. The van der Waals surface area contributed by atoms with Crippen LogP contribution < -0.4 is 5.32 Å². The average Bonchev–Trinajstić information content (AvgIpc) is 2.39. The van der Waals surface area contributed by atoms with E-state index < -0.39 is 0 Å². The minimum atomic E-state index is -0.103. The molecular weight excluding hydrogens is 302 g/mol. The van der Waals surface area contributed by atoms with Gasteiger partial charge in [0.05, 0.1) is 5.56 Å². The maximum Gasteiger partial charge on any atom is 0.256 e. The van der Waals surface area contributed by atoms with Crippen molar-refractivity contribution in [2.75, 3.05) is 5.32 Å². The van der Waals surface area contributed by atoms with Crippen LogP contribution in [0.5, 0.6) is 0 Å². The van der Waals surface area contributed by atoms with Gasteiger partial charge in [0.1, 0.15) is 0 Å². The summed E-state index contributed by atoms with van der Waals surface area (Å²) < 4.78 is 0.799. The topological polar surface area (TPSA) is 29.1 Å². The van der Waals surface area contributed by atoms with E-state index in [-0.39, 0.29) is 5.91 Å². The Morgan fingerprint density at radius 3 is 2.53 bits per heavy atom. The van der Waals surface area contributed by atoms with Crippen LogP contribution in [0.4, 0.5) is 5.69 Å². The number of hydrogen-bond acceptors (Lipinski definition) is 1. The fourth-order valence-electron chi connectivity index (χ4n) is 1.82. The average molecular weight is 318 g/mol. The molecule has 0 fully saturated rings. The van der Waals surface area contributed by atoms with E-state index in [9.17, 15) is 4.79 Å². The molecule has 0 aliphatic rings. The lowest BCUT2D eigenvalue weighted by molar-refractivity contribution is 0.102. The fourth-order valence-corrected chi connectivity index (χ4v) is 2.28. The molecule has 2 nitrogen and oxygen atoms in total. The smallest absolute Gasteiger partial charge is 0.256 e. The van der Waals surface area contributed by atoms with Gasteiger partial charge in [-0.25, -0.2) is 0 Å². The van der Waals surface area contributed by atoms with Gasteiger partial charge < -0.3 is 5.32 Å². The van der Waals surface area contributed by atoms with Crippen LogP contribution in [0.25, 0.3) is 0 Å². The van der Waals surface area contributed by atoms with Gasteiger partial charge >= 0.3 is 0 Å². The number of halogens is 1. The minimum Gasteiger partial charge on any atom is -0.322 e. The Labute approximate surface area is 122 Å². The Morgan fingerprint density at radius 2 is 1.84 bits per heavy atom. The van der Waals surface area contributed by atoms with E-state index in [1.54, 1.807) is 6.07 Å². The second kappa shape index (κ2) is 6.02. The van der Waals surface area contributed by atoms with Gasteiger partial charge in [0, 0.05) is 10.2 Å². The third kappa shape index (κ3) is 3.44. The normalized spacial score (nSPS) is 10.5. The summed E-state index contributed by atoms with van der Waals surface area (Å²) in [6, 6.07) is 15.3. The molecule has 2 aromatic carbocycles. The van der Waals surface area contributed by atoms with E-state index in [0.29, 0.717) is 11.5 Å². The van der Waals surface area contributed by atoms with Crippen LogP contribution in [-0.4, -0.2) is 5.91 Å². The monoisotopic (exact) mass is 317 g/mol. The molecule has 0 atom stereocenters. The second-order valence-corrected chi connectivity index (χ2v) is 5.57. The standard InChI is InChI=1S/C16H16BrNO/c1-11(2)12-6-5-7-13(10-12)18-16(19)14-8-3-4-9-15(14)17/h3-11H,1-2H3,(H,18,19). The number of benzene rings is 2. The highest BCUT2D eigenvalue weighted by molar-refractivity contribution is 9.10. The summed E-state index contributed by atoms with van der Waals surface area (Å²) in [7, 11) is 0. The molecule has 98 valence electrons. The molecule has 3 heteroatoms. The van der Waals surface area contributed by atoms with Gasteiger partial charge in [-0.15, -0.1) is 0 Å². The predicted octanol–water partition coefficient (Wildman–Crippen LogP) is 4.82. The summed E-state index contributed by atoms with van der Waals surface area (Å²) >= 11 is 3.39.